The molecule has 25 heavy (non-hydrogen) atoms. The van der Waals surface area contributed by atoms with E-state index in [9.17, 15) is 9.59 Å². The van der Waals surface area contributed by atoms with Gasteiger partial charge in [0.2, 0.25) is 5.91 Å². The van der Waals surface area contributed by atoms with Crippen molar-refractivity contribution < 1.29 is 9.21 Å². The summed E-state index contributed by atoms with van der Waals surface area (Å²) in [5.41, 5.74) is 6.25. The maximum atomic E-state index is 12.2. The van der Waals surface area contributed by atoms with Crippen molar-refractivity contribution >= 4 is 29.0 Å². The van der Waals surface area contributed by atoms with Gasteiger partial charge < -0.3 is 15.5 Å². The molecule has 0 radical (unpaired) electrons. The molecule has 1 amide bonds. The molecular formula is C17H16N4O3S. The molecule has 0 bridgehead atoms. The second-order valence-electron chi connectivity index (χ2n) is 5.20. The summed E-state index contributed by atoms with van der Waals surface area (Å²) in [6, 6.07) is 12.2. The first-order valence-corrected chi connectivity index (χ1v) is 8.64. The van der Waals surface area contributed by atoms with E-state index in [1.54, 1.807) is 36.0 Å². The molecule has 0 aliphatic rings. The molecule has 2 heterocycles. The summed E-state index contributed by atoms with van der Waals surface area (Å²) in [7, 11) is 0. The van der Waals surface area contributed by atoms with Crippen LogP contribution in [-0.4, -0.2) is 21.9 Å². The van der Waals surface area contributed by atoms with Gasteiger partial charge in [0.15, 0.2) is 5.76 Å². The maximum absolute atomic E-state index is 12.2. The number of nitrogen functional groups attached to an aromatic ring is 1. The Morgan fingerprint density at radius 1 is 1.32 bits per heavy atom. The molecule has 0 saturated heterocycles. The molecule has 2 aromatic heterocycles. The van der Waals surface area contributed by atoms with E-state index in [4.69, 9.17) is 10.2 Å². The smallest absolute Gasteiger partial charge is 0.290 e. The predicted molar refractivity (Wildman–Crippen MR) is 97.5 cm³/mol. The lowest BCUT2D eigenvalue weighted by Gasteiger charge is -2.09. The van der Waals surface area contributed by atoms with Crippen molar-refractivity contribution in [3.8, 4) is 11.5 Å². The number of anilines is 2. The van der Waals surface area contributed by atoms with Crippen LogP contribution in [0.1, 0.15) is 0 Å². The number of carbonyl (C=O) groups excluding carboxylic acids is 1. The highest BCUT2D eigenvalue weighted by Crippen LogP contribution is 2.18. The summed E-state index contributed by atoms with van der Waals surface area (Å²) in [6.45, 7) is -0.248. The summed E-state index contributed by atoms with van der Waals surface area (Å²) in [4.78, 5) is 25.4. The van der Waals surface area contributed by atoms with E-state index in [-0.39, 0.29) is 18.1 Å². The van der Waals surface area contributed by atoms with Gasteiger partial charge in [-0.15, -0.1) is 11.8 Å². The molecule has 0 aliphatic carbocycles. The quantitative estimate of drug-likeness (QED) is 0.681. The van der Waals surface area contributed by atoms with Gasteiger partial charge in [-0.2, -0.15) is 5.10 Å². The number of nitrogens with two attached hydrogens (primary N) is 1. The number of amides is 1. The highest BCUT2D eigenvalue weighted by atomic mass is 32.2. The van der Waals surface area contributed by atoms with Crippen molar-refractivity contribution in [2.24, 2.45) is 0 Å². The molecule has 0 saturated carbocycles. The summed E-state index contributed by atoms with van der Waals surface area (Å²) in [5.74, 6) is 0.0935. The van der Waals surface area contributed by atoms with Gasteiger partial charge in [-0.05, 0) is 48.7 Å². The largest absolute Gasteiger partial charge is 0.463 e. The number of thioether (sulfide) groups is 1. The van der Waals surface area contributed by atoms with E-state index < -0.39 is 5.56 Å². The van der Waals surface area contributed by atoms with Crippen LogP contribution in [0, 0.1) is 0 Å². The van der Waals surface area contributed by atoms with E-state index in [2.05, 4.69) is 10.4 Å². The number of nitrogens with zero attached hydrogens (tertiary/aromatic N) is 2. The number of hydrogen-bond donors (Lipinski definition) is 2. The van der Waals surface area contributed by atoms with Gasteiger partial charge in [0, 0.05) is 10.6 Å². The van der Waals surface area contributed by atoms with Crippen molar-refractivity contribution in [1.82, 2.24) is 9.78 Å². The molecule has 0 fully saturated rings. The molecule has 3 aromatic rings. The first-order valence-electron chi connectivity index (χ1n) is 7.42. The van der Waals surface area contributed by atoms with Crippen LogP contribution in [0.5, 0.6) is 0 Å². The molecule has 0 aliphatic heterocycles. The van der Waals surface area contributed by atoms with Crippen LogP contribution >= 0.6 is 11.8 Å². The number of rotatable bonds is 5. The third-order valence-corrected chi connectivity index (χ3v) is 4.19. The SMILES string of the molecule is CSc1ccc(NC(=O)Cn2nc(-c3ccco3)cc(N)c2=O)cc1. The molecule has 3 rings (SSSR count). The Morgan fingerprint density at radius 3 is 2.72 bits per heavy atom. The van der Waals surface area contributed by atoms with Crippen LogP contribution in [0.2, 0.25) is 0 Å². The molecule has 0 unspecified atom stereocenters. The minimum absolute atomic E-state index is 0.00137. The number of furan rings is 1. The third-order valence-electron chi connectivity index (χ3n) is 3.44. The topological polar surface area (TPSA) is 103 Å². The fourth-order valence-electron chi connectivity index (χ4n) is 2.23. The van der Waals surface area contributed by atoms with Crippen LogP contribution in [-0.2, 0) is 11.3 Å². The molecule has 128 valence electrons. The first-order chi connectivity index (χ1) is 12.1. The summed E-state index contributed by atoms with van der Waals surface area (Å²) >= 11 is 1.61. The van der Waals surface area contributed by atoms with Gasteiger partial charge in [0.25, 0.3) is 5.56 Å². The molecule has 7 nitrogen and oxygen atoms in total. The van der Waals surface area contributed by atoms with Gasteiger partial charge in [0.1, 0.15) is 17.9 Å². The number of aromatic nitrogens is 2. The van der Waals surface area contributed by atoms with Crippen LogP contribution < -0.4 is 16.6 Å². The number of hydrogen-bond acceptors (Lipinski definition) is 6. The van der Waals surface area contributed by atoms with Crippen molar-refractivity contribution in [2.45, 2.75) is 11.4 Å². The summed E-state index contributed by atoms with van der Waals surface area (Å²) in [5, 5.41) is 6.88. The number of benzene rings is 1. The van der Waals surface area contributed by atoms with Crippen molar-refractivity contribution in [2.75, 3.05) is 17.3 Å². The van der Waals surface area contributed by atoms with Gasteiger partial charge in [-0.25, -0.2) is 4.68 Å². The van der Waals surface area contributed by atoms with Crippen molar-refractivity contribution in [3.63, 3.8) is 0 Å². The van der Waals surface area contributed by atoms with Gasteiger partial charge in [-0.3, -0.25) is 9.59 Å². The van der Waals surface area contributed by atoms with Gasteiger partial charge in [0.05, 0.1) is 6.26 Å². The van der Waals surface area contributed by atoms with Crippen LogP contribution in [0.15, 0.2) is 62.8 Å². The Bertz CT molecular complexity index is 934. The Labute approximate surface area is 147 Å². The Morgan fingerprint density at radius 2 is 2.08 bits per heavy atom. The van der Waals surface area contributed by atoms with Crippen molar-refractivity contribution in [3.05, 3.63) is 59.1 Å². The minimum atomic E-state index is -0.525. The van der Waals surface area contributed by atoms with E-state index in [0.717, 1.165) is 9.58 Å². The summed E-state index contributed by atoms with van der Waals surface area (Å²) < 4.78 is 6.28. The minimum Gasteiger partial charge on any atom is -0.463 e. The standard InChI is InChI=1S/C17H16N4O3S/c1-25-12-6-4-11(5-7-12)19-16(22)10-21-17(23)13(18)9-14(20-21)15-3-2-8-24-15/h2-9H,10,18H2,1H3,(H,19,22). The molecular weight excluding hydrogens is 340 g/mol. The average molecular weight is 356 g/mol. The lowest BCUT2D eigenvalue weighted by molar-refractivity contribution is -0.117. The number of carbonyl (C=O) groups is 1. The van der Waals surface area contributed by atoms with E-state index in [0.29, 0.717) is 17.1 Å². The first kappa shape index (κ1) is 16.8. The monoisotopic (exact) mass is 356 g/mol. The fourth-order valence-corrected chi connectivity index (χ4v) is 2.63. The lowest BCUT2D eigenvalue weighted by Crippen LogP contribution is -2.31. The molecule has 3 N–H and O–H groups in total. The normalized spacial score (nSPS) is 10.6. The third kappa shape index (κ3) is 3.92. The van der Waals surface area contributed by atoms with E-state index >= 15 is 0 Å². The van der Waals surface area contributed by atoms with Crippen LogP contribution in [0.4, 0.5) is 11.4 Å². The lowest BCUT2D eigenvalue weighted by atomic mass is 10.3. The van der Waals surface area contributed by atoms with E-state index in [1.807, 2.05) is 18.4 Å². The average Bonchev–Trinajstić information content (AvgIpc) is 3.14. The Kier molecular flexibility index (Phi) is 4.90. The highest BCUT2D eigenvalue weighted by molar-refractivity contribution is 7.98. The van der Waals surface area contributed by atoms with Crippen LogP contribution in [0.3, 0.4) is 0 Å². The Balaban J connectivity index is 1.79. The van der Waals surface area contributed by atoms with Crippen LogP contribution in [0.25, 0.3) is 11.5 Å². The second kappa shape index (κ2) is 7.27. The number of nitrogens with one attached hydrogen (secondary N) is 1. The Hall–Kier alpha value is -3.00. The second-order valence-corrected chi connectivity index (χ2v) is 6.08. The zero-order chi connectivity index (χ0) is 17.8. The molecule has 0 spiro atoms. The molecule has 0 atom stereocenters. The summed E-state index contributed by atoms with van der Waals surface area (Å²) in [6.07, 6.45) is 3.47. The van der Waals surface area contributed by atoms with Gasteiger partial charge in [-0.1, -0.05) is 0 Å². The zero-order valence-electron chi connectivity index (χ0n) is 13.4. The highest BCUT2D eigenvalue weighted by Gasteiger charge is 2.12. The fraction of sp³-hybridized carbons (Fsp3) is 0.118. The van der Waals surface area contributed by atoms with Crippen molar-refractivity contribution in [1.29, 1.82) is 0 Å². The van der Waals surface area contributed by atoms with Gasteiger partial charge >= 0.3 is 0 Å². The van der Waals surface area contributed by atoms with E-state index in [1.165, 1.54) is 12.3 Å². The zero-order valence-corrected chi connectivity index (χ0v) is 14.2. The maximum Gasteiger partial charge on any atom is 0.290 e. The predicted octanol–water partition coefficient (Wildman–Crippen LogP) is 2.45. The molecule has 8 heteroatoms. The molecule has 1 aromatic carbocycles.